The highest BCUT2D eigenvalue weighted by molar-refractivity contribution is 5.58. The van der Waals surface area contributed by atoms with Crippen LogP contribution < -0.4 is 15.4 Å². The molecule has 106 valence electrons. The fourth-order valence-corrected chi connectivity index (χ4v) is 1.64. The van der Waals surface area contributed by atoms with Crippen LogP contribution in [0.2, 0.25) is 0 Å². The van der Waals surface area contributed by atoms with Crippen molar-refractivity contribution in [1.82, 2.24) is 9.97 Å². The Kier molecular flexibility index (Phi) is 4.70. The first kappa shape index (κ1) is 14.0. The molecule has 0 bridgehead atoms. The van der Waals surface area contributed by atoms with Gasteiger partial charge < -0.3 is 15.4 Å². The van der Waals surface area contributed by atoms with Crippen LogP contribution in [-0.4, -0.2) is 23.1 Å². The topological polar surface area (TPSA) is 59.1 Å². The molecule has 0 aliphatic heterocycles. The number of anilines is 3. The van der Waals surface area contributed by atoms with Crippen molar-refractivity contribution in [3.8, 4) is 5.75 Å². The molecule has 0 radical (unpaired) electrons. The summed E-state index contributed by atoms with van der Waals surface area (Å²) in [6.07, 6.45) is 1.14. The van der Waals surface area contributed by atoms with Gasteiger partial charge in [-0.3, -0.25) is 0 Å². The summed E-state index contributed by atoms with van der Waals surface area (Å²) in [7, 11) is 0. The Morgan fingerprint density at radius 1 is 1.20 bits per heavy atom. The molecule has 0 amide bonds. The minimum Gasteiger partial charge on any atom is -0.494 e. The second kappa shape index (κ2) is 6.70. The zero-order valence-electron chi connectivity index (χ0n) is 11.5. The van der Waals surface area contributed by atoms with Crippen LogP contribution in [0.3, 0.4) is 0 Å². The quantitative estimate of drug-likeness (QED) is 0.848. The number of ether oxygens (including phenoxy) is 1. The predicted octanol–water partition coefficient (Wildman–Crippen LogP) is 3.19. The molecular formula is C14H17FN4O. The molecular weight excluding hydrogens is 259 g/mol. The van der Waals surface area contributed by atoms with E-state index in [0.717, 1.165) is 17.6 Å². The van der Waals surface area contributed by atoms with Gasteiger partial charge in [-0.25, -0.2) is 9.37 Å². The smallest absolute Gasteiger partial charge is 0.224 e. The van der Waals surface area contributed by atoms with E-state index in [1.807, 2.05) is 26.0 Å². The molecule has 0 aliphatic rings. The first-order valence-electron chi connectivity index (χ1n) is 6.49. The third-order valence-corrected chi connectivity index (χ3v) is 2.51. The second-order valence-corrected chi connectivity index (χ2v) is 4.00. The molecule has 0 atom stereocenters. The lowest BCUT2D eigenvalue weighted by Crippen LogP contribution is -2.05. The van der Waals surface area contributed by atoms with Crippen molar-refractivity contribution >= 4 is 17.5 Å². The van der Waals surface area contributed by atoms with E-state index in [1.165, 1.54) is 0 Å². The molecule has 1 aromatic heterocycles. The Hall–Kier alpha value is -2.37. The number of halogens is 1. The highest BCUT2D eigenvalue weighted by Crippen LogP contribution is 2.21. The van der Waals surface area contributed by atoms with E-state index < -0.39 is 5.82 Å². The molecule has 2 rings (SSSR count). The van der Waals surface area contributed by atoms with Gasteiger partial charge in [-0.05, 0) is 38.1 Å². The lowest BCUT2D eigenvalue weighted by molar-refractivity contribution is 0.340. The standard InChI is InChI=1S/C14H17FN4O/c1-3-16-14-17-9-12(15)13(19-14)18-10-5-7-11(8-6-10)20-4-2/h5-9H,3-4H2,1-2H3,(H2,16,17,18,19). The Labute approximate surface area is 117 Å². The molecule has 0 spiro atoms. The summed E-state index contributed by atoms with van der Waals surface area (Å²) in [5.74, 6) is 0.803. The maximum atomic E-state index is 13.7. The zero-order valence-corrected chi connectivity index (χ0v) is 11.5. The van der Waals surface area contributed by atoms with Crippen LogP contribution in [0.15, 0.2) is 30.5 Å². The average Bonchev–Trinajstić information content (AvgIpc) is 2.45. The summed E-state index contributed by atoms with van der Waals surface area (Å²) >= 11 is 0. The van der Waals surface area contributed by atoms with Crippen LogP contribution in [0.5, 0.6) is 5.75 Å². The largest absolute Gasteiger partial charge is 0.494 e. The Bertz CT molecular complexity index is 560. The number of aromatic nitrogens is 2. The van der Waals surface area contributed by atoms with Crippen molar-refractivity contribution in [3.05, 3.63) is 36.3 Å². The first-order chi connectivity index (χ1) is 9.72. The SMILES string of the molecule is CCNc1ncc(F)c(Nc2ccc(OCC)cc2)n1. The molecule has 1 heterocycles. The maximum Gasteiger partial charge on any atom is 0.224 e. The molecule has 2 aromatic rings. The summed E-state index contributed by atoms with van der Waals surface area (Å²) in [4.78, 5) is 7.93. The van der Waals surface area contributed by atoms with Gasteiger partial charge in [-0.1, -0.05) is 0 Å². The minimum atomic E-state index is -0.500. The summed E-state index contributed by atoms with van der Waals surface area (Å²) in [6, 6.07) is 7.24. The highest BCUT2D eigenvalue weighted by Gasteiger charge is 2.07. The van der Waals surface area contributed by atoms with E-state index in [4.69, 9.17) is 4.74 Å². The second-order valence-electron chi connectivity index (χ2n) is 4.00. The van der Waals surface area contributed by atoms with Crippen molar-refractivity contribution < 1.29 is 9.13 Å². The van der Waals surface area contributed by atoms with Crippen LogP contribution in [0, 0.1) is 5.82 Å². The third kappa shape index (κ3) is 3.57. The van der Waals surface area contributed by atoms with Crippen LogP contribution in [0.1, 0.15) is 13.8 Å². The summed E-state index contributed by atoms with van der Waals surface area (Å²) < 4.78 is 19.0. The van der Waals surface area contributed by atoms with Gasteiger partial charge in [0, 0.05) is 12.2 Å². The van der Waals surface area contributed by atoms with E-state index in [1.54, 1.807) is 12.1 Å². The van der Waals surface area contributed by atoms with Gasteiger partial charge in [-0.2, -0.15) is 4.98 Å². The zero-order chi connectivity index (χ0) is 14.4. The number of hydrogen-bond donors (Lipinski definition) is 2. The Morgan fingerprint density at radius 2 is 1.95 bits per heavy atom. The van der Waals surface area contributed by atoms with Crippen LogP contribution in [0.4, 0.5) is 21.8 Å². The van der Waals surface area contributed by atoms with Crippen molar-refractivity contribution in [2.45, 2.75) is 13.8 Å². The van der Waals surface area contributed by atoms with Crippen LogP contribution in [0.25, 0.3) is 0 Å². The first-order valence-corrected chi connectivity index (χ1v) is 6.49. The number of hydrogen-bond acceptors (Lipinski definition) is 5. The van der Waals surface area contributed by atoms with Gasteiger partial charge in [0.2, 0.25) is 5.95 Å². The highest BCUT2D eigenvalue weighted by atomic mass is 19.1. The number of nitrogens with one attached hydrogen (secondary N) is 2. The Balaban J connectivity index is 2.14. The molecule has 0 saturated heterocycles. The number of nitrogens with zero attached hydrogens (tertiary/aromatic N) is 2. The van der Waals surface area contributed by atoms with Gasteiger partial charge in [0.25, 0.3) is 0 Å². The van der Waals surface area contributed by atoms with E-state index in [9.17, 15) is 4.39 Å². The molecule has 5 nitrogen and oxygen atoms in total. The van der Waals surface area contributed by atoms with E-state index in [2.05, 4.69) is 20.6 Å². The van der Waals surface area contributed by atoms with E-state index in [-0.39, 0.29) is 5.82 Å². The van der Waals surface area contributed by atoms with Crippen molar-refractivity contribution in [2.75, 3.05) is 23.8 Å². The molecule has 20 heavy (non-hydrogen) atoms. The van der Waals surface area contributed by atoms with Gasteiger partial charge in [0.15, 0.2) is 11.6 Å². The van der Waals surface area contributed by atoms with E-state index >= 15 is 0 Å². The number of benzene rings is 1. The normalized spacial score (nSPS) is 10.2. The minimum absolute atomic E-state index is 0.139. The monoisotopic (exact) mass is 276 g/mol. The van der Waals surface area contributed by atoms with Gasteiger partial charge in [0.05, 0.1) is 12.8 Å². The lowest BCUT2D eigenvalue weighted by atomic mass is 10.3. The summed E-state index contributed by atoms with van der Waals surface area (Å²) in [6.45, 7) is 5.13. The van der Waals surface area contributed by atoms with Crippen LogP contribution in [-0.2, 0) is 0 Å². The van der Waals surface area contributed by atoms with Crippen LogP contribution >= 0.6 is 0 Å². The molecule has 0 aliphatic carbocycles. The fourth-order valence-electron chi connectivity index (χ4n) is 1.64. The van der Waals surface area contributed by atoms with Gasteiger partial charge in [0.1, 0.15) is 5.75 Å². The molecule has 0 fully saturated rings. The molecule has 0 unspecified atom stereocenters. The molecule has 6 heteroatoms. The Morgan fingerprint density at radius 3 is 2.60 bits per heavy atom. The molecule has 1 aromatic carbocycles. The third-order valence-electron chi connectivity index (χ3n) is 2.51. The van der Waals surface area contributed by atoms with Gasteiger partial charge in [-0.15, -0.1) is 0 Å². The van der Waals surface area contributed by atoms with Crippen molar-refractivity contribution in [1.29, 1.82) is 0 Å². The summed E-state index contributed by atoms with van der Waals surface area (Å²) in [5.41, 5.74) is 0.730. The fraction of sp³-hybridized carbons (Fsp3) is 0.286. The van der Waals surface area contributed by atoms with E-state index in [0.29, 0.717) is 19.1 Å². The lowest BCUT2D eigenvalue weighted by Gasteiger charge is -2.09. The summed E-state index contributed by atoms with van der Waals surface area (Å²) in [5, 5.41) is 5.86. The average molecular weight is 276 g/mol. The van der Waals surface area contributed by atoms with Crippen molar-refractivity contribution in [2.24, 2.45) is 0 Å². The van der Waals surface area contributed by atoms with Gasteiger partial charge >= 0.3 is 0 Å². The predicted molar refractivity (Wildman–Crippen MR) is 77.0 cm³/mol. The maximum absolute atomic E-state index is 13.7. The van der Waals surface area contributed by atoms with Crippen molar-refractivity contribution in [3.63, 3.8) is 0 Å². The molecule has 0 saturated carbocycles. The number of rotatable bonds is 6. The molecule has 2 N–H and O–H groups in total.